The van der Waals surface area contributed by atoms with Gasteiger partial charge in [-0.05, 0) is 12.1 Å². The molecule has 0 aliphatic rings. The Bertz CT molecular complexity index is 798. The van der Waals surface area contributed by atoms with E-state index in [0.717, 1.165) is 9.47 Å². The molecule has 0 saturated heterocycles. The molecule has 0 bridgehead atoms. The number of fused-ring (bicyclic) bond motifs is 1. The molecule has 6 nitrogen and oxygen atoms in total. The van der Waals surface area contributed by atoms with Crippen molar-refractivity contribution in [2.24, 2.45) is 0 Å². The van der Waals surface area contributed by atoms with Gasteiger partial charge >= 0.3 is 0 Å². The zero-order valence-corrected chi connectivity index (χ0v) is 12.2. The SMILES string of the molecule is CNc1nnc(SCc2nc3ccccc3c(=O)[nH]2)s1. The van der Waals surface area contributed by atoms with E-state index in [9.17, 15) is 4.79 Å². The number of benzene rings is 1. The Morgan fingerprint density at radius 2 is 2.20 bits per heavy atom. The van der Waals surface area contributed by atoms with Crippen LogP contribution in [0.2, 0.25) is 0 Å². The predicted molar refractivity (Wildman–Crippen MR) is 81.4 cm³/mol. The number of anilines is 1. The Hall–Kier alpha value is -1.93. The maximum absolute atomic E-state index is 11.9. The fraction of sp³-hybridized carbons (Fsp3) is 0.167. The molecule has 2 heterocycles. The van der Waals surface area contributed by atoms with Gasteiger partial charge in [-0.25, -0.2) is 4.98 Å². The van der Waals surface area contributed by atoms with E-state index in [4.69, 9.17) is 0 Å². The molecule has 2 aromatic heterocycles. The number of rotatable bonds is 4. The third-order valence-electron chi connectivity index (χ3n) is 2.61. The van der Waals surface area contributed by atoms with Crippen LogP contribution in [0.5, 0.6) is 0 Å². The van der Waals surface area contributed by atoms with E-state index in [1.54, 1.807) is 13.1 Å². The van der Waals surface area contributed by atoms with Gasteiger partial charge in [-0.3, -0.25) is 4.79 Å². The Morgan fingerprint density at radius 1 is 1.35 bits per heavy atom. The Balaban J connectivity index is 1.82. The lowest BCUT2D eigenvalue weighted by molar-refractivity contribution is 1.00. The minimum absolute atomic E-state index is 0.112. The maximum Gasteiger partial charge on any atom is 0.258 e. The number of para-hydroxylation sites is 1. The molecule has 20 heavy (non-hydrogen) atoms. The normalized spacial score (nSPS) is 10.8. The number of nitrogens with one attached hydrogen (secondary N) is 2. The second-order valence-corrected chi connectivity index (χ2v) is 6.14. The standard InChI is InChI=1S/C12H11N5OS2/c1-13-11-16-17-12(20-11)19-6-9-14-8-5-3-2-4-7(8)10(18)15-9/h2-5H,6H2,1H3,(H,13,16)(H,14,15,18). The molecule has 0 unspecified atom stereocenters. The van der Waals surface area contributed by atoms with Gasteiger partial charge in [-0.15, -0.1) is 10.2 Å². The van der Waals surface area contributed by atoms with Crippen LogP contribution in [0.3, 0.4) is 0 Å². The lowest BCUT2D eigenvalue weighted by Crippen LogP contribution is -2.11. The van der Waals surface area contributed by atoms with Gasteiger partial charge in [0.05, 0.1) is 16.7 Å². The highest BCUT2D eigenvalue weighted by molar-refractivity contribution is 8.00. The lowest BCUT2D eigenvalue weighted by Gasteiger charge is -2.01. The van der Waals surface area contributed by atoms with Crippen LogP contribution >= 0.6 is 23.1 Å². The minimum atomic E-state index is -0.112. The van der Waals surface area contributed by atoms with Crippen molar-refractivity contribution in [2.45, 2.75) is 10.1 Å². The van der Waals surface area contributed by atoms with E-state index >= 15 is 0 Å². The van der Waals surface area contributed by atoms with Crippen LogP contribution in [0.25, 0.3) is 10.9 Å². The Kier molecular flexibility index (Phi) is 3.66. The van der Waals surface area contributed by atoms with Crippen molar-refractivity contribution < 1.29 is 0 Å². The van der Waals surface area contributed by atoms with E-state index in [1.165, 1.54) is 23.1 Å². The fourth-order valence-electron chi connectivity index (χ4n) is 1.70. The first-order valence-corrected chi connectivity index (χ1v) is 7.68. The summed E-state index contributed by atoms with van der Waals surface area (Å²) in [5.74, 6) is 1.19. The quantitative estimate of drug-likeness (QED) is 0.718. The van der Waals surface area contributed by atoms with Crippen LogP contribution in [-0.4, -0.2) is 27.2 Å². The van der Waals surface area contributed by atoms with Gasteiger partial charge in [0.2, 0.25) is 5.13 Å². The molecule has 1 aromatic carbocycles. The number of hydrogen-bond donors (Lipinski definition) is 2. The third kappa shape index (κ3) is 2.66. The summed E-state index contributed by atoms with van der Waals surface area (Å²) in [4.78, 5) is 19.2. The van der Waals surface area contributed by atoms with Crippen LogP contribution in [0.15, 0.2) is 33.4 Å². The van der Waals surface area contributed by atoms with Crippen molar-refractivity contribution in [3.63, 3.8) is 0 Å². The van der Waals surface area contributed by atoms with Crippen molar-refractivity contribution in [2.75, 3.05) is 12.4 Å². The summed E-state index contributed by atoms with van der Waals surface area (Å²) >= 11 is 2.97. The van der Waals surface area contributed by atoms with Crippen molar-refractivity contribution in [3.05, 3.63) is 40.4 Å². The minimum Gasteiger partial charge on any atom is -0.363 e. The van der Waals surface area contributed by atoms with Crippen molar-refractivity contribution in [3.8, 4) is 0 Å². The molecule has 0 spiro atoms. The molecule has 0 amide bonds. The number of aromatic nitrogens is 4. The first kappa shape index (κ1) is 13.1. The smallest absolute Gasteiger partial charge is 0.258 e. The molecular formula is C12H11N5OS2. The van der Waals surface area contributed by atoms with Gasteiger partial charge in [0.1, 0.15) is 5.82 Å². The average molecular weight is 305 g/mol. The average Bonchev–Trinajstić information content (AvgIpc) is 2.93. The van der Waals surface area contributed by atoms with Crippen molar-refractivity contribution in [1.29, 1.82) is 0 Å². The summed E-state index contributed by atoms with van der Waals surface area (Å²) in [6.45, 7) is 0. The summed E-state index contributed by atoms with van der Waals surface area (Å²) in [5.41, 5.74) is 0.597. The largest absolute Gasteiger partial charge is 0.363 e. The molecule has 0 fully saturated rings. The molecule has 2 N–H and O–H groups in total. The number of thioether (sulfide) groups is 1. The molecule has 3 aromatic rings. The summed E-state index contributed by atoms with van der Waals surface area (Å²) in [6, 6.07) is 7.30. The van der Waals surface area contributed by atoms with E-state index < -0.39 is 0 Å². The van der Waals surface area contributed by atoms with Crippen LogP contribution in [0.4, 0.5) is 5.13 Å². The maximum atomic E-state index is 11.9. The highest BCUT2D eigenvalue weighted by Gasteiger charge is 2.07. The fourth-order valence-corrected chi connectivity index (χ4v) is 3.28. The molecule has 0 saturated carbocycles. The van der Waals surface area contributed by atoms with E-state index in [2.05, 4.69) is 25.5 Å². The van der Waals surface area contributed by atoms with Crippen molar-refractivity contribution >= 4 is 39.1 Å². The number of aromatic amines is 1. The van der Waals surface area contributed by atoms with E-state index in [-0.39, 0.29) is 5.56 Å². The Morgan fingerprint density at radius 3 is 3.00 bits per heavy atom. The molecule has 8 heteroatoms. The summed E-state index contributed by atoms with van der Waals surface area (Å²) in [7, 11) is 1.80. The molecule has 0 radical (unpaired) electrons. The molecule has 0 atom stereocenters. The number of nitrogens with zero attached hydrogens (tertiary/aromatic N) is 3. The molecule has 0 aliphatic heterocycles. The van der Waals surface area contributed by atoms with E-state index in [1.807, 2.05) is 18.2 Å². The van der Waals surface area contributed by atoms with Crippen LogP contribution in [-0.2, 0) is 5.75 Å². The first-order chi connectivity index (χ1) is 9.76. The second kappa shape index (κ2) is 5.59. The van der Waals surface area contributed by atoms with Gasteiger partial charge in [0, 0.05) is 7.05 Å². The van der Waals surface area contributed by atoms with Gasteiger partial charge in [0.25, 0.3) is 5.56 Å². The second-order valence-electron chi connectivity index (χ2n) is 3.94. The van der Waals surface area contributed by atoms with Crippen LogP contribution in [0, 0.1) is 0 Å². The van der Waals surface area contributed by atoms with Gasteiger partial charge in [0.15, 0.2) is 4.34 Å². The first-order valence-electron chi connectivity index (χ1n) is 5.88. The topological polar surface area (TPSA) is 83.6 Å². The number of H-pyrrole nitrogens is 1. The van der Waals surface area contributed by atoms with Crippen molar-refractivity contribution in [1.82, 2.24) is 20.2 Å². The van der Waals surface area contributed by atoms with E-state index in [0.29, 0.717) is 22.5 Å². The summed E-state index contributed by atoms with van der Waals surface area (Å²) in [5, 5.41) is 12.3. The highest BCUT2D eigenvalue weighted by Crippen LogP contribution is 2.27. The third-order valence-corrected chi connectivity index (χ3v) is 4.70. The zero-order chi connectivity index (χ0) is 13.9. The molecule has 3 rings (SSSR count). The van der Waals surface area contributed by atoms with Crippen LogP contribution in [0.1, 0.15) is 5.82 Å². The highest BCUT2D eigenvalue weighted by atomic mass is 32.2. The summed E-state index contributed by atoms with van der Waals surface area (Å²) in [6.07, 6.45) is 0. The predicted octanol–water partition coefficient (Wildman–Crippen LogP) is 2.11. The molecular weight excluding hydrogens is 294 g/mol. The summed E-state index contributed by atoms with van der Waals surface area (Å²) < 4.78 is 0.838. The van der Waals surface area contributed by atoms with Gasteiger partial charge in [-0.1, -0.05) is 35.2 Å². The molecule has 102 valence electrons. The van der Waals surface area contributed by atoms with Gasteiger partial charge < -0.3 is 10.3 Å². The number of hydrogen-bond acceptors (Lipinski definition) is 7. The monoisotopic (exact) mass is 305 g/mol. The van der Waals surface area contributed by atoms with Crippen LogP contribution < -0.4 is 10.9 Å². The Labute approximate surface area is 122 Å². The zero-order valence-electron chi connectivity index (χ0n) is 10.6. The van der Waals surface area contributed by atoms with Gasteiger partial charge in [-0.2, -0.15) is 0 Å². The molecule has 0 aliphatic carbocycles. The lowest BCUT2D eigenvalue weighted by atomic mass is 10.2.